The highest BCUT2D eigenvalue weighted by Crippen LogP contribution is 2.12. The zero-order valence-corrected chi connectivity index (χ0v) is 13.1. The fraction of sp³-hybridized carbons (Fsp3) is 0.533. The summed E-state index contributed by atoms with van der Waals surface area (Å²) in [6.07, 6.45) is 1.75. The Morgan fingerprint density at radius 3 is 2.53 bits per heavy atom. The summed E-state index contributed by atoms with van der Waals surface area (Å²) in [4.78, 5) is 12.0. The van der Waals surface area contributed by atoms with Crippen molar-refractivity contribution in [3.05, 3.63) is 34.3 Å². The molecule has 0 N–H and O–H groups in total. The molecular formula is C15H21BrO3. The lowest BCUT2D eigenvalue weighted by molar-refractivity contribution is 0.0144. The molecule has 0 aliphatic rings. The number of ether oxygens (including phenoxy) is 2. The van der Waals surface area contributed by atoms with E-state index in [9.17, 15) is 4.79 Å². The SMILES string of the molecule is CCCCOCCOC(C)C(=O)c1ccc(Br)cc1. The third-order valence-corrected chi connectivity index (χ3v) is 3.26. The number of benzene rings is 1. The molecule has 3 nitrogen and oxygen atoms in total. The van der Waals surface area contributed by atoms with Crippen molar-refractivity contribution in [2.24, 2.45) is 0 Å². The summed E-state index contributed by atoms with van der Waals surface area (Å²) in [6, 6.07) is 7.30. The van der Waals surface area contributed by atoms with Crippen LogP contribution in [0.2, 0.25) is 0 Å². The van der Waals surface area contributed by atoms with E-state index in [0.717, 1.165) is 23.9 Å². The number of carbonyl (C=O) groups is 1. The molecule has 19 heavy (non-hydrogen) atoms. The first kappa shape index (κ1) is 16.3. The Bertz CT molecular complexity index is 375. The van der Waals surface area contributed by atoms with Gasteiger partial charge in [-0.2, -0.15) is 0 Å². The molecule has 0 saturated heterocycles. The predicted octanol–water partition coefficient (Wildman–Crippen LogP) is 3.85. The fourth-order valence-corrected chi connectivity index (χ4v) is 1.82. The molecule has 0 fully saturated rings. The van der Waals surface area contributed by atoms with Gasteiger partial charge in [0.2, 0.25) is 0 Å². The first-order valence-corrected chi connectivity index (χ1v) is 7.43. The fourth-order valence-electron chi connectivity index (χ4n) is 1.56. The maximum atomic E-state index is 12.0. The molecule has 0 heterocycles. The first-order valence-electron chi connectivity index (χ1n) is 6.64. The summed E-state index contributed by atoms with van der Waals surface area (Å²) < 4.78 is 11.8. The molecule has 0 aliphatic heterocycles. The zero-order chi connectivity index (χ0) is 14.1. The van der Waals surface area contributed by atoms with E-state index in [1.54, 1.807) is 19.1 Å². The molecule has 4 heteroatoms. The minimum absolute atomic E-state index is 0.000980. The van der Waals surface area contributed by atoms with Crippen LogP contribution in [0.4, 0.5) is 0 Å². The van der Waals surface area contributed by atoms with Crippen LogP contribution in [-0.4, -0.2) is 31.7 Å². The number of Topliss-reactive ketones (excluding diaryl/α,β-unsaturated/α-hetero) is 1. The second-order valence-electron chi connectivity index (χ2n) is 4.35. The van der Waals surface area contributed by atoms with E-state index in [1.165, 1.54) is 0 Å². The normalized spacial score (nSPS) is 12.4. The highest BCUT2D eigenvalue weighted by Gasteiger charge is 2.15. The van der Waals surface area contributed by atoms with Crippen molar-refractivity contribution in [3.8, 4) is 0 Å². The number of rotatable bonds is 9. The molecule has 0 radical (unpaired) electrons. The van der Waals surface area contributed by atoms with Gasteiger partial charge in [0, 0.05) is 16.6 Å². The molecule has 1 rings (SSSR count). The maximum absolute atomic E-state index is 12.0. The van der Waals surface area contributed by atoms with E-state index >= 15 is 0 Å². The summed E-state index contributed by atoms with van der Waals surface area (Å²) >= 11 is 3.34. The largest absolute Gasteiger partial charge is 0.379 e. The number of unbranched alkanes of at least 4 members (excludes halogenated alkanes) is 1. The summed E-state index contributed by atoms with van der Waals surface area (Å²) in [5.74, 6) is 0.000980. The van der Waals surface area contributed by atoms with Crippen LogP contribution in [0.15, 0.2) is 28.7 Å². The van der Waals surface area contributed by atoms with Crippen LogP contribution in [0, 0.1) is 0 Å². The number of ketones is 1. The average molecular weight is 329 g/mol. The quantitative estimate of drug-likeness (QED) is 0.510. The van der Waals surface area contributed by atoms with Crippen molar-refractivity contribution in [2.45, 2.75) is 32.8 Å². The molecule has 0 amide bonds. The lowest BCUT2D eigenvalue weighted by Crippen LogP contribution is -2.23. The number of carbonyl (C=O) groups excluding carboxylic acids is 1. The highest BCUT2D eigenvalue weighted by atomic mass is 79.9. The lowest BCUT2D eigenvalue weighted by Gasteiger charge is -2.12. The van der Waals surface area contributed by atoms with Crippen LogP contribution in [0.3, 0.4) is 0 Å². The van der Waals surface area contributed by atoms with E-state index in [0.29, 0.717) is 18.8 Å². The standard InChI is InChI=1S/C15H21BrO3/c1-3-4-9-18-10-11-19-12(2)15(17)13-5-7-14(16)8-6-13/h5-8,12H,3-4,9-11H2,1-2H3. The van der Waals surface area contributed by atoms with Crippen LogP contribution in [-0.2, 0) is 9.47 Å². The third-order valence-electron chi connectivity index (χ3n) is 2.74. The van der Waals surface area contributed by atoms with Crippen LogP contribution in [0.5, 0.6) is 0 Å². The van der Waals surface area contributed by atoms with Gasteiger partial charge in [0.15, 0.2) is 5.78 Å². The molecule has 0 bridgehead atoms. The Balaban J connectivity index is 2.27. The summed E-state index contributed by atoms with van der Waals surface area (Å²) in [5.41, 5.74) is 0.669. The zero-order valence-electron chi connectivity index (χ0n) is 11.5. The van der Waals surface area contributed by atoms with Gasteiger partial charge in [0.1, 0.15) is 6.10 Å². The predicted molar refractivity (Wildman–Crippen MR) is 79.6 cm³/mol. The van der Waals surface area contributed by atoms with Crippen LogP contribution in [0.1, 0.15) is 37.0 Å². The van der Waals surface area contributed by atoms with Crippen LogP contribution >= 0.6 is 15.9 Å². The van der Waals surface area contributed by atoms with Crippen molar-refractivity contribution in [3.63, 3.8) is 0 Å². The molecular weight excluding hydrogens is 308 g/mol. The average Bonchev–Trinajstić information content (AvgIpc) is 2.42. The smallest absolute Gasteiger partial charge is 0.191 e. The molecule has 0 aromatic heterocycles. The second kappa shape index (κ2) is 9.23. The molecule has 0 aliphatic carbocycles. The van der Waals surface area contributed by atoms with E-state index in [4.69, 9.17) is 9.47 Å². The Kier molecular flexibility index (Phi) is 7.94. The van der Waals surface area contributed by atoms with Crippen molar-refractivity contribution in [2.75, 3.05) is 19.8 Å². The second-order valence-corrected chi connectivity index (χ2v) is 5.27. The van der Waals surface area contributed by atoms with Crippen molar-refractivity contribution in [1.82, 2.24) is 0 Å². The molecule has 1 unspecified atom stereocenters. The molecule has 1 aromatic rings. The molecule has 1 atom stereocenters. The van der Waals surface area contributed by atoms with Gasteiger partial charge < -0.3 is 9.47 Å². The highest BCUT2D eigenvalue weighted by molar-refractivity contribution is 9.10. The maximum Gasteiger partial charge on any atom is 0.191 e. The van der Waals surface area contributed by atoms with Gasteiger partial charge in [-0.15, -0.1) is 0 Å². The Hall–Kier alpha value is -0.710. The van der Waals surface area contributed by atoms with E-state index in [-0.39, 0.29) is 5.78 Å². The summed E-state index contributed by atoms with van der Waals surface area (Å²) in [5, 5.41) is 0. The Labute approximate surface area is 123 Å². The molecule has 0 saturated carbocycles. The van der Waals surface area contributed by atoms with E-state index in [1.807, 2.05) is 12.1 Å². The number of hydrogen-bond acceptors (Lipinski definition) is 3. The van der Waals surface area contributed by atoms with Crippen molar-refractivity contribution < 1.29 is 14.3 Å². The lowest BCUT2D eigenvalue weighted by atomic mass is 10.1. The summed E-state index contributed by atoms with van der Waals surface area (Å²) in [6.45, 7) is 5.65. The Morgan fingerprint density at radius 1 is 1.21 bits per heavy atom. The van der Waals surface area contributed by atoms with E-state index < -0.39 is 6.10 Å². The van der Waals surface area contributed by atoms with Crippen molar-refractivity contribution in [1.29, 1.82) is 0 Å². The van der Waals surface area contributed by atoms with Crippen molar-refractivity contribution >= 4 is 21.7 Å². The van der Waals surface area contributed by atoms with Gasteiger partial charge >= 0.3 is 0 Å². The molecule has 1 aromatic carbocycles. The molecule has 0 spiro atoms. The van der Waals surface area contributed by atoms with Gasteiger partial charge in [-0.05, 0) is 25.5 Å². The van der Waals surface area contributed by atoms with Gasteiger partial charge in [-0.1, -0.05) is 41.4 Å². The topological polar surface area (TPSA) is 35.5 Å². The minimum atomic E-state index is -0.434. The van der Waals surface area contributed by atoms with E-state index in [2.05, 4.69) is 22.9 Å². The third kappa shape index (κ3) is 6.32. The Morgan fingerprint density at radius 2 is 1.89 bits per heavy atom. The van der Waals surface area contributed by atoms with Gasteiger partial charge in [0.25, 0.3) is 0 Å². The van der Waals surface area contributed by atoms with Gasteiger partial charge in [0.05, 0.1) is 13.2 Å². The first-order chi connectivity index (χ1) is 9.15. The summed E-state index contributed by atoms with van der Waals surface area (Å²) in [7, 11) is 0. The molecule has 106 valence electrons. The monoisotopic (exact) mass is 328 g/mol. The number of halogens is 1. The van der Waals surface area contributed by atoms with Crippen LogP contribution in [0.25, 0.3) is 0 Å². The number of hydrogen-bond donors (Lipinski definition) is 0. The minimum Gasteiger partial charge on any atom is -0.379 e. The van der Waals surface area contributed by atoms with Gasteiger partial charge in [-0.3, -0.25) is 4.79 Å². The van der Waals surface area contributed by atoms with Gasteiger partial charge in [-0.25, -0.2) is 0 Å². The van der Waals surface area contributed by atoms with Crippen LogP contribution < -0.4 is 0 Å².